The maximum absolute atomic E-state index is 5.40. The highest BCUT2D eigenvalue weighted by molar-refractivity contribution is 8.01. The first-order chi connectivity index (χ1) is 7.84. The molecule has 16 heavy (non-hydrogen) atoms. The van der Waals surface area contributed by atoms with Gasteiger partial charge in [0.25, 0.3) is 0 Å². The van der Waals surface area contributed by atoms with E-state index in [1.165, 1.54) is 5.69 Å². The third-order valence-corrected chi connectivity index (χ3v) is 3.93. The van der Waals surface area contributed by atoms with Crippen LogP contribution in [0.15, 0.2) is 18.2 Å². The second-order valence-corrected chi connectivity index (χ2v) is 4.99. The molecule has 1 saturated heterocycles. The van der Waals surface area contributed by atoms with E-state index < -0.39 is 0 Å². The summed E-state index contributed by atoms with van der Waals surface area (Å²) >= 11 is 1.90. The van der Waals surface area contributed by atoms with Crippen molar-refractivity contribution in [3.05, 3.63) is 24.0 Å². The Morgan fingerprint density at radius 3 is 3.06 bits per heavy atom. The van der Waals surface area contributed by atoms with Crippen molar-refractivity contribution in [2.24, 2.45) is 0 Å². The van der Waals surface area contributed by atoms with Gasteiger partial charge >= 0.3 is 0 Å². The lowest BCUT2D eigenvalue weighted by Gasteiger charge is -2.34. The lowest BCUT2D eigenvalue weighted by molar-refractivity contribution is 0.174. The minimum absolute atomic E-state index is 0.344. The Morgan fingerprint density at radius 2 is 2.19 bits per heavy atom. The van der Waals surface area contributed by atoms with Gasteiger partial charge < -0.3 is 14.4 Å². The number of benzene rings is 1. The molecule has 2 aliphatic heterocycles. The quantitative estimate of drug-likeness (QED) is 0.747. The molecule has 3 nitrogen and oxygen atoms in total. The summed E-state index contributed by atoms with van der Waals surface area (Å²) in [6, 6.07) is 6.64. The molecule has 1 radical (unpaired) electrons. The van der Waals surface area contributed by atoms with Gasteiger partial charge in [-0.3, -0.25) is 0 Å². The van der Waals surface area contributed by atoms with E-state index in [1.807, 2.05) is 17.8 Å². The van der Waals surface area contributed by atoms with Crippen LogP contribution in [0.25, 0.3) is 0 Å². The van der Waals surface area contributed by atoms with Gasteiger partial charge in [0, 0.05) is 35.8 Å². The van der Waals surface area contributed by atoms with Crippen molar-refractivity contribution in [3.63, 3.8) is 0 Å². The van der Waals surface area contributed by atoms with E-state index >= 15 is 0 Å². The minimum Gasteiger partial charge on any atom is -0.454 e. The van der Waals surface area contributed by atoms with Gasteiger partial charge in [-0.15, -0.1) is 0 Å². The average molecular weight is 236 g/mol. The summed E-state index contributed by atoms with van der Waals surface area (Å²) in [7, 11) is 0. The van der Waals surface area contributed by atoms with E-state index in [0.717, 1.165) is 23.8 Å². The van der Waals surface area contributed by atoms with E-state index in [9.17, 15) is 0 Å². The number of fused-ring (bicyclic) bond motifs is 1. The Kier molecular flexibility index (Phi) is 2.59. The Morgan fingerprint density at radius 1 is 1.31 bits per heavy atom. The molecule has 1 aromatic carbocycles. The zero-order chi connectivity index (χ0) is 11.0. The van der Waals surface area contributed by atoms with Gasteiger partial charge in [0.2, 0.25) is 6.79 Å². The standard InChI is InChI=1S/C12H14NO2S/c1-9-7-16-5-4-13(9)10-2-3-11-12(6-10)15-8-14-11/h2-3,6-7,9H,4-5,8H2,1H3. The molecule has 85 valence electrons. The predicted octanol–water partition coefficient (Wildman–Crippen LogP) is 2.52. The third-order valence-electron chi connectivity index (χ3n) is 2.92. The van der Waals surface area contributed by atoms with Crippen LogP contribution in [0.3, 0.4) is 0 Å². The summed E-state index contributed by atoms with van der Waals surface area (Å²) in [5.74, 6) is 5.15. The van der Waals surface area contributed by atoms with Crippen molar-refractivity contribution >= 4 is 17.4 Å². The smallest absolute Gasteiger partial charge is 0.231 e. The fourth-order valence-corrected chi connectivity index (χ4v) is 2.93. The first kappa shape index (κ1) is 10.1. The highest BCUT2D eigenvalue weighted by Gasteiger charge is 2.21. The molecule has 3 rings (SSSR count). The number of hydrogen-bond donors (Lipinski definition) is 0. The van der Waals surface area contributed by atoms with Crippen LogP contribution in [0.4, 0.5) is 5.69 Å². The Hall–Kier alpha value is -1.03. The van der Waals surface area contributed by atoms with Crippen LogP contribution in [0, 0.1) is 5.75 Å². The summed E-state index contributed by atoms with van der Waals surface area (Å²) < 4.78 is 10.7. The van der Waals surface area contributed by atoms with Crippen molar-refractivity contribution in [2.45, 2.75) is 13.0 Å². The number of ether oxygens (including phenoxy) is 2. The summed E-state index contributed by atoms with van der Waals surface area (Å²) in [4.78, 5) is 2.39. The highest BCUT2D eigenvalue weighted by Crippen LogP contribution is 2.37. The SMILES string of the molecule is CC1[CH]SCCN1c1ccc2c(c1)OCO2. The molecule has 0 aliphatic carbocycles. The molecule has 4 heteroatoms. The maximum Gasteiger partial charge on any atom is 0.231 e. The molecule has 1 unspecified atom stereocenters. The van der Waals surface area contributed by atoms with Crippen molar-refractivity contribution in [1.29, 1.82) is 0 Å². The lowest BCUT2D eigenvalue weighted by atomic mass is 10.2. The average Bonchev–Trinajstić information content (AvgIpc) is 2.76. The zero-order valence-corrected chi connectivity index (χ0v) is 10.00. The topological polar surface area (TPSA) is 21.7 Å². The van der Waals surface area contributed by atoms with E-state index in [0.29, 0.717) is 12.8 Å². The minimum atomic E-state index is 0.344. The number of rotatable bonds is 1. The van der Waals surface area contributed by atoms with Gasteiger partial charge in [0.05, 0.1) is 0 Å². The third kappa shape index (κ3) is 1.71. The fourth-order valence-electron chi connectivity index (χ4n) is 2.06. The molecule has 2 heterocycles. The summed E-state index contributed by atoms with van der Waals surface area (Å²) in [6.45, 7) is 3.65. The van der Waals surface area contributed by atoms with Crippen LogP contribution < -0.4 is 14.4 Å². The van der Waals surface area contributed by atoms with Crippen molar-refractivity contribution in [3.8, 4) is 11.5 Å². The van der Waals surface area contributed by atoms with E-state index in [2.05, 4.69) is 29.7 Å². The second kappa shape index (κ2) is 4.09. The van der Waals surface area contributed by atoms with Gasteiger partial charge in [-0.2, -0.15) is 11.8 Å². The molecule has 0 N–H and O–H groups in total. The van der Waals surface area contributed by atoms with E-state index in [4.69, 9.17) is 9.47 Å². The zero-order valence-electron chi connectivity index (χ0n) is 9.18. The van der Waals surface area contributed by atoms with Crippen LogP contribution in [-0.2, 0) is 0 Å². The van der Waals surface area contributed by atoms with E-state index in [-0.39, 0.29) is 0 Å². The van der Waals surface area contributed by atoms with Gasteiger partial charge in [-0.1, -0.05) is 0 Å². The Balaban J connectivity index is 1.88. The van der Waals surface area contributed by atoms with Crippen LogP contribution in [0.5, 0.6) is 11.5 Å². The molecular formula is C12H14NO2S. The molecule has 0 aromatic heterocycles. The first-order valence-corrected chi connectivity index (χ1v) is 6.51. The lowest BCUT2D eigenvalue weighted by Crippen LogP contribution is -2.38. The number of anilines is 1. The summed E-state index contributed by atoms with van der Waals surface area (Å²) in [5, 5.41) is 0. The van der Waals surface area contributed by atoms with Gasteiger partial charge in [-0.05, 0) is 19.1 Å². The molecule has 1 aromatic rings. The summed E-state index contributed by atoms with van der Waals surface area (Å²) in [5.41, 5.74) is 1.22. The fraction of sp³-hybridized carbons (Fsp3) is 0.417. The Bertz CT molecular complexity index is 397. The molecule has 0 amide bonds. The van der Waals surface area contributed by atoms with Crippen LogP contribution in [-0.4, -0.2) is 25.1 Å². The van der Waals surface area contributed by atoms with Crippen molar-refractivity contribution < 1.29 is 9.47 Å². The Labute approximate surface area is 99.7 Å². The number of nitrogens with zero attached hydrogens (tertiary/aromatic N) is 1. The molecule has 1 atom stereocenters. The van der Waals surface area contributed by atoms with Crippen LogP contribution in [0.1, 0.15) is 6.92 Å². The molecule has 0 bridgehead atoms. The monoisotopic (exact) mass is 236 g/mol. The maximum atomic E-state index is 5.40. The predicted molar refractivity (Wildman–Crippen MR) is 66.1 cm³/mol. The second-order valence-electron chi connectivity index (χ2n) is 3.98. The molecule has 2 aliphatic rings. The van der Waals surface area contributed by atoms with Crippen molar-refractivity contribution in [1.82, 2.24) is 0 Å². The van der Waals surface area contributed by atoms with Crippen molar-refractivity contribution in [2.75, 3.05) is 24.0 Å². The van der Waals surface area contributed by atoms with E-state index in [1.54, 1.807) is 0 Å². The molecule has 0 spiro atoms. The van der Waals surface area contributed by atoms with Crippen LogP contribution in [0.2, 0.25) is 0 Å². The number of thioether (sulfide) groups is 1. The molecule has 0 saturated carbocycles. The molecule has 1 fully saturated rings. The first-order valence-electron chi connectivity index (χ1n) is 5.46. The van der Waals surface area contributed by atoms with Gasteiger partial charge in [0.15, 0.2) is 11.5 Å². The highest BCUT2D eigenvalue weighted by atomic mass is 32.2. The molecular weight excluding hydrogens is 222 g/mol. The normalized spacial score (nSPS) is 23.6. The summed E-state index contributed by atoms with van der Waals surface area (Å²) in [6.07, 6.45) is 0. The van der Waals surface area contributed by atoms with Gasteiger partial charge in [-0.25, -0.2) is 0 Å². The largest absolute Gasteiger partial charge is 0.454 e. The van der Waals surface area contributed by atoms with Gasteiger partial charge in [0.1, 0.15) is 0 Å². The van der Waals surface area contributed by atoms with Crippen LogP contribution >= 0.6 is 11.8 Å². The number of hydrogen-bond acceptors (Lipinski definition) is 4.